The standard InChI is InChI=1S/C16H31FO8/c1-19-16(18)2-4-20-6-8-22-10-12-24-14-15-25-13-11-23-9-7-21-5-3-17/h2-15H2,1H3. The van der Waals surface area contributed by atoms with E-state index in [1.807, 2.05) is 0 Å². The number of methoxy groups -OCH3 is 1. The zero-order chi connectivity index (χ0) is 18.4. The van der Waals surface area contributed by atoms with Gasteiger partial charge in [-0.3, -0.25) is 4.79 Å². The summed E-state index contributed by atoms with van der Waals surface area (Å²) in [6.45, 7) is 4.55. The third-order valence-corrected chi connectivity index (χ3v) is 2.76. The largest absolute Gasteiger partial charge is 0.469 e. The molecule has 0 aromatic carbocycles. The Balaban J connectivity index is 2.99. The number of carbonyl (C=O) groups is 1. The van der Waals surface area contributed by atoms with Crippen LogP contribution in [0.5, 0.6) is 0 Å². The molecule has 0 radical (unpaired) electrons. The Bertz CT molecular complexity index is 281. The Morgan fingerprint density at radius 1 is 0.600 bits per heavy atom. The molecule has 0 aromatic rings. The van der Waals surface area contributed by atoms with Gasteiger partial charge in [-0.2, -0.15) is 0 Å². The molecule has 0 unspecified atom stereocenters. The van der Waals surface area contributed by atoms with Crippen LogP contribution in [0.1, 0.15) is 6.42 Å². The first-order chi connectivity index (χ1) is 12.3. The average Bonchev–Trinajstić information content (AvgIpc) is 2.63. The Morgan fingerprint density at radius 3 is 1.24 bits per heavy atom. The molecular weight excluding hydrogens is 339 g/mol. The van der Waals surface area contributed by atoms with Gasteiger partial charge in [0, 0.05) is 0 Å². The topological polar surface area (TPSA) is 81.7 Å². The number of hydrogen-bond donors (Lipinski definition) is 0. The highest BCUT2D eigenvalue weighted by molar-refractivity contribution is 5.69. The lowest BCUT2D eigenvalue weighted by Gasteiger charge is -2.08. The van der Waals surface area contributed by atoms with Crippen molar-refractivity contribution in [3.05, 3.63) is 0 Å². The second kappa shape index (κ2) is 21.2. The van der Waals surface area contributed by atoms with Gasteiger partial charge in [0.25, 0.3) is 0 Å². The SMILES string of the molecule is COC(=O)CCOCCOCCOCCOCCOCCOCCF. The van der Waals surface area contributed by atoms with Crippen LogP contribution in [0.25, 0.3) is 0 Å². The molecule has 0 atom stereocenters. The number of carbonyl (C=O) groups excluding carboxylic acids is 1. The minimum atomic E-state index is -0.473. The summed E-state index contributed by atoms with van der Waals surface area (Å²) in [5, 5.41) is 0. The molecule has 8 nitrogen and oxygen atoms in total. The summed E-state index contributed by atoms with van der Waals surface area (Å²) < 4.78 is 47.5. The van der Waals surface area contributed by atoms with Crippen LogP contribution >= 0.6 is 0 Å². The van der Waals surface area contributed by atoms with Crippen LogP contribution in [0.15, 0.2) is 0 Å². The van der Waals surface area contributed by atoms with E-state index in [0.717, 1.165) is 0 Å². The van der Waals surface area contributed by atoms with Gasteiger partial charge < -0.3 is 33.2 Å². The molecule has 0 fully saturated rings. The molecule has 0 bridgehead atoms. The van der Waals surface area contributed by atoms with Crippen LogP contribution in [0.3, 0.4) is 0 Å². The third-order valence-electron chi connectivity index (χ3n) is 2.76. The minimum Gasteiger partial charge on any atom is -0.469 e. The Kier molecular flexibility index (Phi) is 20.5. The van der Waals surface area contributed by atoms with Crippen molar-refractivity contribution < 1.29 is 42.3 Å². The van der Waals surface area contributed by atoms with Gasteiger partial charge in [0.2, 0.25) is 0 Å². The fourth-order valence-electron chi connectivity index (χ4n) is 1.51. The van der Waals surface area contributed by atoms with Crippen LogP contribution < -0.4 is 0 Å². The second-order valence-electron chi connectivity index (χ2n) is 4.69. The number of rotatable bonds is 20. The lowest BCUT2D eigenvalue weighted by Crippen LogP contribution is -2.14. The second-order valence-corrected chi connectivity index (χ2v) is 4.69. The fourth-order valence-corrected chi connectivity index (χ4v) is 1.51. The van der Waals surface area contributed by atoms with E-state index in [1.165, 1.54) is 7.11 Å². The van der Waals surface area contributed by atoms with Gasteiger partial charge in [-0.25, -0.2) is 4.39 Å². The average molecular weight is 370 g/mol. The monoisotopic (exact) mass is 370 g/mol. The first-order valence-corrected chi connectivity index (χ1v) is 8.40. The summed E-state index contributed by atoms with van der Waals surface area (Å²) in [5.74, 6) is -0.286. The van der Waals surface area contributed by atoms with E-state index in [2.05, 4.69) is 4.74 Å². The normalized spacial score (nSPS) is 11.0. The summed E-state index contributed by atoms with van der Waals surface area (Å²) in [6.07, 6.45) is 0.248. The van der Waals surface area contributed by atoms with Crippen molar-refractivity contribution in [3.8, 4) is 0 Å². The van der Waals surface area contributed by atoms with Crippen molar-refractivity contribution in [3.63, 3.8) is 0 Å². The van der Waals surface area contributed by atoms with Crippen molar-refractivity contribution >= 4 is 5.97 Å². The van der Waals surface area contributed by atoms with Crippen LogP contribution in [-0.2, 0) is 38.0 Å². The van der Waals surface area contributed by atoms with E-state index in [1.54, 1.807) is 0 Å². The molecule has 0 aliphatic carbocycles. The summed E-state index contributed by atoms with van der Waals surface area (Å²) in [5.41, 5.74) is 0. The third kappa shape index (κ3) is 21.1. The number of hydrogen-bond acceptors (Lipinski definition) is 8. The van der Waals surface area contributed by atoms with Gasteiger partial charge in [-0.05, 0) is 0 Å². The van der Waals surface area contributed by atoms with Gasteiger partial charge in [-0.15, -0.1) is 0 Å². The summed E-state index contributed by atoms with van der Waals surface area (Å²) in [4.78, 5) is 10.8. The molecule has 0 spiro atoms. The Hall–Kier alpha value is -0.840. The molecule has 9 heteroatoms. The van der Waals surface area contributed by atoms with E-state index < -0.39 is 6.67 Å². The number of ether oxygens (including phenoxy) is 7. The van der Waals surface area contributed by atoms with E-state index in [0.29, 0.717) is 72.7 Å². The van der Waals surface area contributed by atoms with Crippen molar-refractivity contribution in [2.24, 2.45) is 0 Å². The maximum Gasteiger partial charge on any atom is 0.307 e. The fraction of sp³-hybridized carbons (Fsp3) is 0.938. The van der Waals surface area contributed by atoms with Crippen molar-refractivity contribution in [2.75, 3.05) is 93.1 Å². The molecule has 0 aromatic heterocycles. The van der Waals surface area contributed by atoms with E-state index in [9.17, 15) is 9.18 Å². The quantitative estimate of drug-likeness (QED) is 0.228. The van der Waals surface area contributed by atoms with Gasteiger partial charge in [0.05, 0.1) is 92.8 Å². The summed E-state index contributed by atoms with van der Waals surface area (Å²) >= 11 is 0. The van der Waals surface area contributed by atoms with Crippen molar-refractivity contribution in [2.45, 2.75) is 6.42 Å². The van der Waals surface area contributed by atoms with E-state index in [-0.39, 0.29) is 19.0 Å². The summed E-state index contributed by atoms with van der Waals surface area (Å²) in [7, 11) is 1.35. The van der Waals surface area contributed by atoms with Crippen LogP contribution in [0, 0.1) is 0 Å². The number of esters is 1. The maximum atomic E-state index is 11.7. The highest BCUT2D eigenvalue weighted by Gasteiger charge is 1.99. The zero-order valence-electron chi connectivity index (χ0n) is 15.0. The Labute approximate surface area is 148 Å². The van der Waals surface area contributed by atoms with Crippen molar-refractivity contribution in [1.82, 2.24) is 0 Å². The highest BCUT2D eigenvalue weighted by Crippen LogP contribution is 1.87. The van der Waals surface area contributed by atoms with Crippen LogP contribution in [0.2, 0.25) is 0 Å². The predicted octanol–water partition coefficient (Wildman–Crippen LogP) is 0.619. The Morgan fingerprint density at radius 2 is 0.920 bits per heavy atom. The maximum absolute atomic E-state index is 11.7. The lowest BCUT2D eigenvalue weighted by molar-refractivity contribution is -0.141. The molecule has 0 heterocycles. The highest BCUT2D eigenvalue weighted by atomic mass is 19.1. The molecule has 0 rings (SSSR count). The van der Waals surface area contributed by atoms with Crippen molar-refractivity contribution in [1.29, 1.82) is 0 Å². The van der Waals surface area contributed by atoms with Gasteiger partial charge in [0.1, 0.15) is 6.67 Å². The van der Waals surface area contributed by atoms with E-state index >= 15 is 0 Å². The molecular formula is C16H31FO8. The molecule has 150 valence electrons. The van der Waals surface area contributed by atoms with Gasteiger partial charge in [-0.1, -0.05) is 0 Å². The smallest absolute Gasteiger partial charge is 0.307 e. The molecule has 25 heavy (non-hydrogen) atoms. The molecule has 0 saturated carbocycles. The summed E-state index contributed by atoms with van der Waals surface area (Å²) in [6, 6.07) is 0. The van der Waals surface area contributed by atoms with Gasteiger partial charge in [0.15, 0.2) is 0 Å². The molecule has 0 aliphatic rings. The van der Waals surface area contributed by atoms with Crippen LogP contribution in [-0.4, -0.2) is 99.0 Å². The molecule has 0 aliphatic heterocycles. The minimum absolute atomic E-state index is 0.114. The van der Waals surface area contributed by atoms with Crippen LogP contribution in [0.4, 0.5) is 4.39 Å². The molecule has 0 saturated heterocycles. The van der Waals surface area contributed by atoms with E-state index in [4.69, 9.17) is 28.4 Å². The molecule has 0 amide bonds. The van der Waals surface area contributed by atoms with Gasteiger partial charge >= 0.3 is 5.97 Å². The zero-order valence-corrected chi connectivity index (χ0v) is 15.0. The molecule has 0 N–H and O–H groups in total. The first-order valence-electron chi connectivity index (χ1n) is 8.40. The first kappa shape index (κ1) is 24.2. The number of halogens is 1. The lowest BCUT2D eigenvalue weighted by atomic mass is 10.5. The predicted molar refractivity (Wildman–Crippen MR) is 87.5 cm³/mol. The number of alkyl halides is 1.